The molecule has 0 saturated carbocycles. The summed E-state index contributed by atoms with van der Waals surface area (Å²) in [5.41, 5.74) is -2.30. The van der Waals surface area contributed by atoms with Crippen molar-refractivity contribution in [1.29, 1.82) is 0 Å². The van der Waals surface area contributed by atoms with Gasteiger partial charge in [0, 0.05) is 17.2 Å². The minimum Gasteiger partial charge on any atom is -0.486 e. The van der Waals surface area contributed by atoms with E-state index >= 15 is 0 Å². The Balaban J connectivity index is 2.57. The zero-order valence-electron chi connectivity index (χ0n) is 9.67. The lowest BCUT2D eigenvalue weighted by atomic mass is 9.95. The second-order valence-corrected chi connectivity index (χ2v) is 4.10. The lowest BCUT2D eigenvalue weighted by molar-refractivity contribution is -0.137. The Labute approximate surface area is 109 Å². The topological polar surface area (TPSA) is 46.5 Å². The molecule has 1 aliphatic heterocycles. The number of benzene rings is 1. The Hall–Kier alpha value is -2.12. The number of halogens is 5. The lowest BCUT2D eigenvalue weighted by Crippen LogP contribution is -2.32. The van der Waals surface area contributed by atoms with Gasteiger partial charge in [-0.05, 0) is 12.1 Å². The summed E-state index contributed by atoms with van der Waals surface area (Å²) in [5.74, 6) is -5.61. The summed E-state index contributed by atoms with van der Waals surface area (Å²) in [6.07, 6.45) is -4.37. The predicted molar refractivity (Wildman–Crippen MR) is 57.5 cm³/mol. The summed E-state index contributed by atoms with van der Waals surface area (Å²) in [4.78, 5) is 10.6. The van der Waals surface area contributed by atoms with Crippen LogP contribution in [0.5, 0.6) is 5.75 Å². The van der Waals surface area contributed by atoms with Crippen LogP contribution in [0, 0.1) is 0 Å². The highest BCUT2D eigenvalue weighted by Crippen LogP contribution is 2.44. The van der Waals surface area contributed by atoms with Gasteiger partial charge in [0.1, 0.15) is 5.75 Å². The first-order valence-electron chi connectivity index (χ1n) is 5.28. The number of carboxylic acid groups (broad SMARTS) is 1. The minimum absolute atomic E-state index is 0.272. The van der Waals surface area contributed by atoms with E-state index in [9.17, 15) is 26.7 Å². The molecule has 1 aromatic carbocycles. The van der Waals surface area contributed by atoms with Gasteiger partial charge < -0.3 is 9.84 Å². The highest BCUT2D eigenvalue weighted by Gasteiger charge is 2.42. The molecule has 0 atom stereocenters. The smallest absolute Gasteiger partial charge is 0.416 e. The minimum atomic E-state index is -4.64. The van der Waals surface area contributed by atoms with E-state index in [-0.39, 0.29) is 11.6 Å². The van der Waals surface area contributed by atoms with Crippen molar-refractivity contribution in [3.63, 3.8) is 0 Å². The maximum absolute atomic E-state index is 13.6. The van der Waals surface area contributed by atoms with Crippen LogP contribution in [0.1, 0.15) is 11.1 Å². The number of fused-ring (bicyclic) bond motifs is 1. The maximum Gasteiger partial charge on any atom is 0.416 e. The van der Waals surface area contributed by atoms with E-state index in [1.807, 2.05) is 0 Å². The fourth-order valence-electron chi connectivity index (χ4n) is 1.79. The van der Waals surface area contributed by atoms with Crippen molar-refractivity contribution in [2.24, 2.45) is 0 Å². The van der Waals surface area contributed by atoms with Gasteiger partial charge in [-0.1, -0.05) is 6.07 Å². The van der Waals surface area contributed by atoms with Gasteiger partial charge in [-0.15, -0.1) is 0 Å². The van der Waals surface area contributed by atoms with Crippen LogP contribution in [0.15, 0.2) is 24.3 Å². The van der Waals surface area contributed by atoms with E-state index in [1.54, 1.807) is 0 Å². The fraction of sp³-hybridized carbons (Fsp3) is 0.250. The van der Waals surface area contributed by atoms with Crippen molar-refractivity contribution in [1.82, 2.24) is 0 Å². The largest absolute Gasteiger partial charge is 0.486 e. The monoisotopic (exact) mass is 294 g/mol. The number of hydrogen-bond donors (Lipinski definition) is 1. The van der Waals surface area contributed by atoms with Crippen LogP contribution in [0.3, 0.4) is 0 Å². The number of hydrogen-bond acceptors (Lipinski definition) is 2. The van der Waals surface area contributed by atoms with Crippen LogP contribution >= 0.6 is 0 Å². The molecule has 108 valence electrons. The number of carboxylic acids is 1. The maximum atomic E-state index is 13.6. The van der Waals surface area contributed by atoms with E-state index < -0.39 is 41.6 Å². The molecule has 2 rings (SSSR count). The summed E-state index contributed by atoms with van der Waals surface area (Å²) >= 11 is 0. The summed E-state index contributed by atoms with van der Waals surface area (Å²) < 4.78 is 69.2. The first kappa shape index (κ1) is 14.3. The first-order valence-corrected chi connectivity index (χ1v) is 5.28. The summed E-state index contributed by atoms with van der Waals surface area (Å²) in [6, 6.07) is 1.94. The first-order chi connectivity index (χ1) is 9.11. The second kappa shape index (κ2) is 4.46. The molecule has 1 heterocycles. The van der Waals surface area contributed by atoms with Crippen molar-refractivity contribution >= 4 is 11.5 Å². The molecule has 0 bridgehead atoms. The molecule has 0 spiro atoms. The highest BCUT2D eigenvalue weighted by atomic mass is 19.4. The zero-order chi connectivity index (χ0) is 15.1. The van der Waals surface area contributed by atoms with Gasteiger partial charge in [0.25, 0.3) is 0 Å². The van der Waals surface area contributed by atoms with Crippen LogP contribution in [0.4, 0.5) is 22.0 Å². The number of carbonyl (C=O) groups is 1. The number of rotatable bonds is 1. The average molecular weight is 294 g/mol. The molecule has 20 heavy (non-hydrogen) atoms. The van der Waals surface area contributed by atoms with Gasteiger partial charge in [0.15, 0.2) is 6.61 Å². The quantitative estimate of drug-likeness (QED) is 0.639. The van der Waals surface area contributed by atoms with Crippen LogP contribution in [-0.2, 0) is 11.0 Å². The molecule has 8 heteroatoms. The number of alkyl halides is 5. The Morgan fingerprint density at radius 3 is 2.55 bits per heavy atom. The van der Waals surface area contributed by atoms with Crippen molar-refractivity contribution in [2.45, 2.75) is 12.1 Å². The van der Waals surface area contributed by atoms with Crippen molar-refractivity contribution in [2.75, 3.05) is 6.61 Å². The third-order valence-electron chi connectivity index (χ3n) is 2.67. The van der Waals surface area contributed by atoms with Crippen molar-refractivity contribution < 1.29 is 36.6 Å². The van der Waals surface area contributed by atoms with Gasteiger partial charge in [-0.2, -0.15) is 22.0 Å². The standard InChI is InChI=1S/C12H7F5O3/c13-11(14)5-20-9-3-6(12(15,16)17)1-2-7(9)8(11)4-10(18)19/h1-4H,5H2,(H,18,19)/b8-4-. The molecule has 0 radical (unpaired) electrons. The van der Waals surface area contributed by atoms with Gasteiger partial charge in [-0.3, -0.25) is 0 Å². The Morgan fingerprint density at radius 1 is 1.35 bits per heavy atom. The second-order valence-electron chi connectivity index (χ2n) is 4.10. The van der Waals surface area contributed by atoms with Crippen LogP contribution in [-0.4, -0.2) is 23.6 Å². The molecular weight excluding hydrogens is 287 g/mol. The Bertz CT molecular complexity index is 589. The average Bonchev–Trinajstić information content (AvgIpc) is 2.31. The molecule has 1 aromatic rings. The van der Waals surface area contributed by atoms with Gasteiger partial charge in [0.2, 0.25) is 0 Å². The number of aliphatic carboxylic acids is 1. The normalized spacial score (nSPS) is 19.4. The molecular formula is C12H7F5O3. The third-order valence-corrected chi connectivity index (χ3v) is 2.67. The van der Waals surface area contributed by atoms with E-state index in [0.29, 0.717) is 12.1 Å². The molecule has 0 saturated heterocycles. The van der Waals surface area contributed by atoms with Crippen LogP contribution in [0.25, 0.3) is 5.57 Å². The van der Waals surface area contributed by atoms with E-state index in [1.165, 1.54) is 0 Å². The Morgan fingerprint density at radius 2 is 2.00 bits per heavy atom. The SMILES string of the molecule is O=C(O)/C=C1/c2ccc(C(F)(F)F)cc2OCC1(F)F. The van der Waals surface area contributed by atoms with Gasteiger partial charge in [0.05, 0.1) is 5.56 Å². The van der Waals surface area contributed by atoms with Crippen LogP contribution < -0.4 is 4.74 Å². The summed E-state index contributed by atoms with van der Waals surface area (Å²) in [6.45, 7) is -1.21. The molecule has 0 fully saturated rings. The van der Waals surface area contributed by atoms with E-state index in [4.69, 9.17) is 5.11 Å². The summed E-state index contributed by atoms with van der Waals surface area (Å²) in [5, 5.41) is 8.58. The fourth-order valence-corrected chi connectivity index (χ4v) is 1.79. The van der Waals surface area contributed by atoms with Crippen LogP contribution in [0.2, 0.25) is 0 Å². The van der Waals surface area contributed by atoms with Crippen molar-refractivity contribution in [3.05, 3.63) is 35.4 Å². The third kappa shape index (κ3) is 2.59. The highest BCUT2D eigenvalue weighted by molar-refractivity contribution is 5.93. The summed E-state index contributed by atoms with van der Waals surface area (Å²) in [7, 11) is 0. The molecule has 3 nitrogen and oxygen atoms in total. The molecule has 1 aliphatic rings. The van der Waals surface area contributed by atoms with Gasteiger partial charge >= 0.3 is 18.1 Å². The lowest BCUT2D eigenvalue weighted by Gasteiger charge is -2.28. The Kier molecular flexibility index (Phi) is 3.19. The molecule has 1 N–H and O–H groups in total. The van der Waals surface area contributed by atoms with E-state index in [0.717, 1.165) is 6.07 Å². The van der Waals surface area contributed by atoms with Crippen molar-refractivity contribution in [3.8, 4) is 5.75 Å². The molecule has 0 amide bonds. The molecule has 0 aromatic heterocycles. The van der Waals surface area contributed by atoms with E-state index in [2.05, 4.69) is 4.74 Å². The zero-order valence-corrected chi connectivity index (χ0v) is 9.67. The molecule has 0 aliphatic carbocycles. The molecule has 0 unspecified atom stereocenters. The number of ether oxygens (including phenoxy) is 1. The predicted octanol–water partition coefficient (Wildman–Crippen LogP) is 3.20. The van der Waals surface area contributed by atoms with Gasteiger partial charge in [-0.25, -0.2) is 4.79 Å².